The number of carbonyl (C=O) groups is 1. The molecule has 3 aliphatic rings. The van der Waals surface area contributed by atoms with Gasteiger partial charge in [-0.3, -0.25) is 19.5 Å². The molecule has 2 bridgehead atoms. The summed E-state index contributed by atoms with van der Waals surface area (Å²) < 4.78 is 0. The molecule has 2 heterocycles. The summed E-state index contributed by atoms with van der Waals surface area (Å²) in [5.41, 5.74) is 1.44. The molecule has 0 radical (unpaired) electrons. The van der Waals surface area contributed by atoms with Crippen molar-refractivity contribution >= 4 is 5.97 Å². The SMILES string of the molecule is C1=CCC(CN2CCN3CCN(CCN(Cc4ccccc4)CC3)CC2)C=C1.CC(=O)O.[Zn]. The number of rotatable bonds is 4. The van der Waals surface area contributed by atoms with Crippen LogP contribution in [-0.2, 0) is 30.8 Å². The largest absolute Gasteiger partial charge is 0.481 e. The summed E-state index contributed by atoms with van der Waals surface area (Å²) >= 11 is 0. The van der Waals surface area contributed by atoms with Gasteiger partial charge in [-0.2, -0.15) is 0 Å². The predicted molar refractivity (Wildman–Crippen MR) is 131 cm³/mol. The Morgan fingerprint density at radius 2 is 1.36 bits per heavy atom. The van der Waals surface area contributed by atoms with Crippen molar-refractivity contribution in [3.63, 3.8) is 0 Å². The molecule has 0 amide bonds. The molecular formula is C26H40N4O2Zn. The van der Waals surface area contributed by atoms with Gasteiger partial charge in [0, 0.05) is 105 Å². The quantitative estimate of drug-likeness (QED) is 0.635. The first-order chi connectivity index (χ1) is 15.6. The van der Waals surface area contributed by atoms with E-state index in [9.17, 15) is 0 Å². The van der Waals surface area contributed by atoms with Crippen molar-refractivity contribution < 1.29 is 29.4 Å². The monoisotopic (exact) mass is 504 g/mol. The van der Waals surface area contributed by atoms with E-state index in [4.69, 9.17) is 9.90 Å². The van der Waals surface area contributed by atoms with E-state index < -0.39 is 5.97 Å². The smallest absolute Gasteiger partial charge is 0.300 e. The second kappa shape index (κ2) is 15.5. The summed E-state index contributed by atoms with van der Waals surface area (Å²) in [7, 11) is 0. The fourth-order valence-corrected chi connectivity index (χ4v) is 4.59. The van der Waals surface area contributed by atoms with Crippen LogP contribution in [0.5, 0.6) is 0 Å². The van der Waals surface area contributed by atoms with Gasteiger partial charge in [-0.15, -0.1) is 0 Å². The summed E-state index contributed by atoms with van der Waals surface area (Å²) in [6.45, 7) is 15.4. The Balaban J connectivity index is 0.000000714. The van der Waals surface area contributed by atoms with E-state index in [0.29, 0.717) is 5.92 Å². The van der Waals surface area contributed by atoms with Gasteiger partial charge in [-0.25, -0.2) is 0 Å². The van der Waals surface area contributed by atoms with Gasteiger partial charge in [0.1, 0.15) is 0 Å². The Morgan fingerprint density at radius 1 is 0.848 bits per heavy atom. The molecule has 0 spiro atoms. The van der Waals surface area contributed by atoms with Crippen LogP contribution in [0.25, 0.3) is 0 Å². The van der Waals surface area contributed by atoms with Crippen molar-refractivity contribution in [2.45, 2.75) is 19.9 Å². The standard InChI is InChI=1S/C24H36N4.C2H4O2.Zn/c1-3-7-23(8-4-1)21-27-17-13-25-11-12-26(14-18-27)16-20-28(19-15-25)22-24-9-5-2-6-10-24;1-2(3)4;/h1-9,24H,10-22H2;1H3,(H,3,4);. The van der Waals surface area contributed by atoms with E-state index >= 15 is 0 Å². The van der Waals surface area contributed by atoms with Gasteiger partial charge in [0.05, 0.1) is 0 Å². The second-order valence-corrected chi connectivity index (χ2v) is 9.07. The zero-order valence-corrected chi connectivity index (χ0v) is 23.3. The van der Waals surface area contributed by atoms with Gasteiger partial charge in [0.2, 0.25) is 0 Å². The van der Waals surface area contributed by atoms with Crippen LogP contribution in [0.3, 0.4) is 0 Å². The van der Waals surface area contributed by atoms with Gasteiger partial charge in [-0.05, 0) is 17.9 Å². The van der Waals surface area contributed by atoms with Crippen molar-refractivity contribution in [2.75, 3.05) is 72.0 Å². The molecule has 3 atom stereocenters. The molecular weight excluding hydrogens is 466 g/mol. The maximum atomic E-state index is 9.00. The molecule has 1 N–H and O–H groups in total. The molecule has 3 unspecified atom stereocenters. The van der Waals surface area contributed by atoms with Crippen molar-refractivity contribution in [1.82, 2.24) is 19.6 Å². The first kappa shape index (κ1) is 27.9. The Hall–Kier alpha value is -1.37. The number of nitrogens with zero attached hydrogens (tertiary/aromatic N) is 4. The fourth-order valence-electron chi connectivity index (χ4n) is 4.59. The minimum atomic E-state index is -0.833. The van der Waals surface area contributed by atoms with Crippen molar-refractivity contribution in [3.8, 4) is 0 Å². The number of fused-ring (bicyclic) bond motifs is 3. The molecule has 4 rings (SSSR count). The second-order valence-electron chi connectivity index (χ2n) is 9.07. The number of allylic oxidation sites excluding steroid dienone is 3. The van der Waals surface area contributed by atoms with E-state index in [-0.39, 0.29) is 19.5 Å². The van der Waals surface area contributed by atoms with E-state index in [1.54, 1.807) is 0 Å². The summed E-state index contributed by atoms with van der Waals surface area (Å²) in [6, 6.07) is 11.0. The number of hydrogen-bond donors (Lipinski definition) is 1. The average Bonchev–Trinajstić information content (AvgIpc) is 2.94. The molecule has 7 heteroatoms. The normalized spacial score (nSPS) is 26.3. The number of carboxylic acid groups (broad SMARTS) is 1. The van der Waals surface area contributed by atoms with Crippen LogP contribution in [0.2, 0.25) is 0 Å². The van der Waals surface area contributed by atoms with Gasteiger partial charge in [0.15, 0.2) is 0 Å². The summed E-state index contributed by atoms with van der Waals surface area (Å²) in [5, 5.41) is 7.42. The van der Waals surface area contributed by atoms with Crippen LogP contribution in [0, 0.1) is 5.92 Å². The number of hydrogen-bond acceptors (Lipinski definition) is 5. The third kappa shape index (κ3) is 11.1. The van der Waals surface area contributed by atoms with E-state index in [2.05, 4.69) is 74.2 Å². The number of aliphatic carboxylic acids is 1. The zero-order valence-electron chi connectivity index (χ0n) is 20.3. The fraction of sp³-hybridized carbons (Fsp3) is 0.577. The van der Waals surface area contributed by atoms with Crippen LogP contribution in [0.4, 0.5) is 0 Å². The van der Waals surface area contributed by atoms with E-state index in [1.807, 2.05) is 0 Å². The maximum Gasteiger partial charge on any atom is 0.300 e. The minimum absolute atomic E-state index is 0. The van der Waals surface area contributed by atoms with Crippen molar-refractivity contribution in [3.05, 3.63) is 60.2 Å². The summed E-state index contributed by atoms with van der Waals surface area (Å²) in [6.07, 6.45) is 10.3. The van der Waals surface area contributed by atoms with Crippen LogP contribution < -0.4 is 0 Å². The molecule has 33 heavy (non-hydrogen) atoms. The molecule has 1 aliphatic carbocycles. The molecule has 6 nitrogen and oxygen atoms in total. The van der Waals surface area contributed by atoms with E-state index in [0.717, 1.165) is 13.5 Å². The Morgan fingerprint density at radius 3 is 1.88 bits per heavy atom. The zero-order chi connectivity index (χ0) is 22.6. The molecule has 1 aromatic rings. The molecule has 178 valence electrons. The van der Waals surface area contributed by atoms with Crippen LogP contribution in [0.15, 0.2) is 54.6 Å². The number of carboxylic acids is 1. The van der Waals surface area contributed by atoms with Crippen LogP contribution in [0.1, 0.15) is 18.9 Å². The molecule has 2 saturated heterocycles. The molecule has 1 aromatic carbocycles. The molecule has 2 fully saturated rings. The van der Waals surface area contributed by atoms with Gasteiger partial charge < -0.3 is 10.0 Å². The Bertz CT molecular complexity index is 719. The summed E-state index contributed by atoms with van der Waals surface area (Å²) in [5.74, 6) is -0.137. The first-order valence-electron chi connectivity index (χ1n) is 12.0. The van der Waals surface area contributed by atoms with Crippen molar-refractivity contribution in [2.24, 2.45) is 5.92 Å². The maximum absolute atomic E-state index is 9.00. The van der Waals surface area contributed by atoms with Crippen molar-refractivity contribution in [1.29, 1.82) is 0 Å². The van der Waals surface area contributed by atoms with Gasteiger partial charge in [0.25, 0.3) is 5.97 Å². The van der Waals surface area contributed by atoms with Gasteiger partial charge in [-0.1, -0.05) is 54.6 Å². The molecule has 0 aromatic heterocycles. The Labute approximate surface area is 212 Å². The first-order valence-corrected chi connectivity index (χ1v) is 12.0. The third-order valence-electron chi connectivity index (χ3n) is 6.47. The van der Waals surface area contributed by atoms with Gasteiger partial charge >= 0.3 is 0 Å². The summed E-state index contributed by atoms with van der Waals surface area (Å²) in [4.78, 5) is 19.8. The third-order valence-corrected chi connectivity index (χ3v) is 6.47. The topological polar surface area (TPSA) is 50.3 Å². The van der Waals surface area contributed by atoms with Crippen LogP contribution >= 0.6 is 0 Å². The van der Waals surface area contributed by atoms with Crippen LogP contribution in [-0.4, -0.2) is 103 Å². The molecule has 2 aliphatic heterocycles. The average molecular weight is 506 g/mol. The van der Waals surface area contributed by atoms with E-state index in [1.165, 1.54) is 84.0 Å². The Kier molecular flexibility index (Phi) is 13.1. The number of benzene rings is 1. The minimum Gasteiger partial charge on any atom is -0.481 e. The predicted octanol–water partition coefficient (Wildman–Crippen LogP) is 2.64. The molecule has 0 saturated carbocycles.